The lowest BCUT2D eigenvalue weighted by Gasteiger charge is -2.34. The van der Waals surface area contributed by atoms with Crippen molar-refractivity contribution in [3.8, 4) is 0 Å². The van der Waals surface area contributed by atoms with Crippen LogP contribution in [0.1, 0.15) is 72.1 Å². The molecule has 4 nitrogen and oxygen atoms in total. The summed E-state index contributed by atoms with van der Waals surface area (Å²) >= 11 is 0. The van der Waals surface area contributed by atoms with Crippen LogP contribution in [0.2, 0.25) is 0 Å². The van der Waals surface area contributed by atoms with Crippen molar-refractivity contribution >= 4 is 0 Å². The van der Waals surface area contributed by atoms with Crippen LogP contribution in [0.4, 0.5) is 0 Å². The Morgan fingerprint density at radius 1 is 1.05 bits per heavy atom. The summed E-state index contributed by atoms with van der Waals surface area (Å²) in [5.74, 6) is 0.853. The van der Waals surface area contributed by atoms with Crippen molar-refractivity contribution in [1.29, 1.82) is 0 Å². The third-order valence-corrected chi connectivity index (χ3v) is 5.09. The molecule has 1 fully saturated rings. The van der Waals surface area contributed by atoms with Crippen LogP contribution < -0.4 is 0 Å². The van der Waals surface area contributed by atoms with Crippen LogP contribution in [0, 0.1) is 27.1 Å². The summed E-state index contributed by atoms with van der Waals surface area (Å²) in [6.07, 6.45) is 8.63. The van der Waals surface area contributed by atoms with Gasteiger partial charge in [-0.2, -0.15) is 9.81 Å². The molecular weight excluding hydrogens is 252 g/mol. The molecule has 0 aliphatic heterocycles. The summed E-state index contributed by atoms with van der Waals surface area (Å²) in [5.41, 5.74) is 0.131. The second-order valence-corrected chi connectivity index (χ2v) is 7.27. The zero-order valence-electron chi connectivity index (χ0n) is 13.3. The topological polar surface area (TPSA) is 58.9 Å². The van der Waals surface area contributed by atoms with E-state index in [0.717, 1.165) is 25.7 Å². The standard InChI is InChI=1S/C16H30N2O2/c1-13-7-5-4-6-10-16(2,3)14(12-17-19)8-9-15(11-13)18-20/h13-15H,4-12H2,1-3H3. The summed E-state index contributed by atoms with van der Waals surface area (Å²) in [6, 6.07) is -0.0885. The van der Waals surface area contributed by atoms with E-state index >= 15 is 0 Å². The fraction of sp³-hybridized carbons (Fsp3) is 1.00. The molecule has 3 atom stereocenters. The van der Waals surface area contributed by atoms with Gasteiger partial charge in [0.05, 0.1) is 12.6 Å². The molecule has 1 rings (SSSR count). The highest BCUT2D eigenvalue weighted by atomic mass is 16.3. The fourth-order valence-electron chi connectivity index (χ4n) is 3.46. The second-order valence-electron chi connectivity index (χ2n) is 7.27. The molecule has 116 valence electrons. The van der Waals surface area contributed by atoms with Crippen molar-refractivity contribution in [2.75, 3.05) is 6.54 Å². The second kappa shape index (κ2) is 8.48. The van der Waals surface area contributed by atoms with Crippen LogP contribution in [0.15, 0.2) is 10.4 Å². The molecule has 0 aromatic rings. The first-order chi connectivity index (χ1) is 9.49. The van der Waals surface area contributed by atoms with Crippen LogP contribution in [0.3, 0.4) is 0 Å². The summed E-state index contributed by atoms with van der Waals surface area (Å²) in [4.78, 5) is 21.7. The summed E-state index contributed by atoms with van der Waals surface area (Å²) < 4.78 is 0. The van der Waals surface area contributed by atoms with Gasteiger partial charge in [0.15, 0.2) is 0 Å². The smallest absolute Gasteiger partial charge is 0.0922 e. The first-order valence-electron chi connectivity index (χ1n) is 8.11. The van der Waals surface area contributed by atoms with Crippen molar-refractivity contribution in [3.05, 3.63) is 9.81 Å². The molecule has 3 unspecified atom stereocenters. The van der Waals surface area contributed by atoms with E-state index in [1.807, 2.05) is 0 Å². The molecule has 1 aliphatic carbocycles. The molecule has 0 aromatic heterocycles. The molecule has 0 heterocycles. The van der Waals surface area contributed by atoms with E-state index < -0.39 is 0 Å². The minimum Gasteiger partial charge on any atom is -0.151 e. The van der Waals surface area contributed by atoms with Crippen molar-refractivity contribution < 1.29 is 0 Å². The number of rotatable bonds is 3. The van der Waals surface area contributed by atoms with Gasteiger partial charge >= 0.3 is 0 Å². The van der Waals surface area contributed by atoms with E-state index in [0.29, 0.717) is 12.5 Å². The average Bonchev–Trinajstić information content (AvgIpc) is 2.40. The highest BCUT2D eigenvalue weighted by Gasteiger charge is 2.30. The van der Waals surface area contributed by atoms with Gasteiger partial charge in [0.2, 0.25) is 0 Å². The van der Waals surface area contributed by atoms with E-state index in [2.05, 4.69) is 31.1 Å². The van der Waals surface area contributed by atoms with E-state index in [4.69, 9.17) is 0 Å². The van der Waals surface area contributed by atoms with Crippen molar-refractivity contribution in [2.24, 2.45) is 27.6 Å². The number of nitroso groups, excluding NO2 is 2. The van der Waals surface area contributed by atoms with E-state index in [9.17, 15) is 9.81 Å². The molecule has 0 amide bonds. The maximum atomic E-state index is 11.0. The van der Waals surface area contributed by atoms with Gasteiger partial charge in [-0.25, -0.2) is 0 Å². The Hall–Kier alpha value is -0.800. The van der Waals surface area contributed by atoms with E-state index in [1.54, 1.807) is 0 Å². The van der Waals surface area contributed by atoms with Crippen molar-refractivity contribution in [2.45, 2.75) is 78.2 Å². The third kappa shape index (κ3) is 5.68. The fourth-order valence-corrected chi connectivity index (χ4v) is 3.46. The molecule has 4 heteroatoms. The highest BCUT2D eigenvalue weighted by molar-refractivity contribution is 4.83. The number of hydrogen-bond donors (Lipinski definition) is 0. The molecule has 0 spiro atoms. The lowest BCUT2D eigenvalue weighted by atomic mass is 9.72. The van der Waals surface area contributed by atoms with Gasteiger partial charge in [-0.05, 0) is 42.9 Å². The minimum absolute atomic E-state index is 0.0885. The largest absolute Gasteiger partial charge is 0.151 e. The third-order valence-electron chi connectivity index (χ3n) is 5.09. The van der Waals surface area contributed by atoms with Crippen LogP contribution in [0.5, 0.6) is 0 Å². The average molecular weight is 282 g/mol. The van der Waals surface area contributed by atoms with Crippen LogP contribution in [0.25, 0.3) is 0 Å². The zero-order valence-corrected chi connectivity index (χ0v) is 13.3. The van der Waals surface area contributed by atoms with Gasteiger partial charge in [-0.1, -0.05) is 56.8 Å². The van der Waals surface area contributed by atoms with E-state index in [1.165, 1.54) is 25.7 Å². The molecule has 0 radical (unpaired) electrons. The first-order valence-corrected chi connectivity index (χ1v) is 8.11. The predicted octanol–water partition coefficient (Wildman–Crippen LogP) is 5.30. The van der Waals surface area contributed by atoms with Gasteiger partial charge < -0.3 is 0 Å². The Morgan fingerprint density at radius 3 is 2.45 bits per heavy atom. The molecule has 20 heavy (non-hydrogen) atoms. The summed E-state index contributed by atoms with van der Waals surface area (Å²) in [7, 11) is 0. The Labute approximate surface area is 123 Å². The summed E-state index contributed by atoms with van der Waals surface area (Å²) in [5, 5.41) is 6.44. The Balaban J connectivity index is 2.73. The number of hydrogen-bond acceptors (Lipinski definition) is 4. The van der Waals surface area contributed by atoms with Crippen LogP contribution >= 0.6 is 0 Å². The maximum Gasteiger partial charge on any atom is 0.0922 e. The summed E-state index contributed by atoms with van der Waals surface area (Å²) in [6.45, 7) is 7.06. The minimum atomic E-state index is -0.0885. The van der Waals surface area contributed by atoms with Gasteiger partial charge in [0.1, 0.15) is 0 Å². The van der Waals surface area contributed by atoms with Crippen molar-refractivity contribution in [3.63, 3.8) is 0 Å². The van der Waals surface area contributed by atoms with Gasteiger partial charge in [0, 0.05) is 0 Å². The maximum absolute atomic E-state index is 11.0. The lowest BCUT2D eigenvalue weighted by Crippen LogP contribution is -2.28. The predicted molar refractivity (Wildman–Crippen MR) is 83.6 cm³/mol. The van der Waals surface area contributed by atoms with Gasteiger partial charge in [0.25, 0.3) is 0 Å². The van der Waals surface area contributed by atoms with Crippen LogP contribution in [-0.4, -0.2) is 12.6 Å². The molecule has 0 aromatic carbocycles. The SMILES string of the molecule is CC1CCCCCC(C)(C)C(CN=O)CCC(N=O)C1. The molecule has 0 bridgehead atoms. The Bertz CT molecular complexity index is 305. The number of nitrogens with zero attached hydrogens (tertiary/aromatic N) is 2. The lowest BCUT2D eigenvalue weighted by molar-refractivity contribution is 0.172. The molecule has 1 aliphatic rings. The highest BCUT2D eigenvalue weighted by Crippen LogP contribution is 2.37. The molecule has 1 saturated carbocycles. The monoisotopic (exact) mass is 282 g/mol. The first kappa shape index (κ1) is 17.3. The van der Waals surface area contributed by atoms with Gasteiger partial charge in [-0.3, -0.25) is 0 Å². The molecule has 0 N–H and O–H groups in total. The Morgan fingerprint density at radius 2 is 1.80 bits per heavy atom. The zero-order chi connectivity index (χ0) is 15.0. The normalized spacial score (nSPS) is 32.6. The quantitative estimate of drug-likeness (QED) is 0.659. The van der Waals surface area contributed by atoms with Crippen molar-refractivity contribution in [1.82, 2.24) is 0 Å². The molecule has 0 saturated heterocycles. The van der Waals surface area contributed by atoms with Gasteiger partial charge in [-0.15, -0.1) is 0 Å². The Kier molecular flexibility index (Phi) is 7.31. The molecular formula is C16H30N2O2. The van der Waals surface area contributed by atoms with Crippen LogP contribution in [-0.2, 0) is 0 Å². The van der Waals surface area contributed by atoms with E-state index in [-0.39, 0.29) is 17.4 Å².